The van der Waals surface area contributed by atoms with Gasteiger partial charge in [0.15, 0.2) is 10.8 Å². The lowest BCUT2D eigenvalue weighted by Gasteiger charge is -2.55. The van der Waals surface area contributed by atoms with Gasteiger partial charge in [0.05, 0.1) is 30.5 Å². The summed E-state index contributed by atoms with van der Waals surface area (Å²) in [6, 6.07) is 2.58. The molecule has 0 spiro atoms. The van der Waals surface area contributed by atoms with E-state index in [1.807, 2.05) is 13.8 Å². The highest BCUT2D eigenvalue weighted by atomic mass is 35.5. The second-order valence-corrected chi connectivity index (χ2v) is 23.3. The van der Waals surface area contributed by atoms with Gasteiger partial charge >= 0.3 is 24.4 Å². The van der Waals surface area contributed by atoms with Crippen molar-refractivity contribution in [3.05, 3.63) is 82.4 Å². The summed E-state index contributed by atoms with van der Waals surface area (Å²) in [5, 5.41) is 30.1. The number of nitrogens with zero attached hydrogens (tertiary/aromatic N) is 2. The van der Waals surface area contributed by atoms with Gasteiger partial charge in [-0.3, -0.25) is 39.5 Å². The van der Waals surface area contributed by atoms with Gasteiger partial charge in [-0.25, -0.2) is 14.4 Å². The number of benzene rings is 2. The smallest absolute Gasteiger partial charge is 0.418 e. The molecule has 6 rings (SSSR count). The number of methoxy groups -OCH3 is 2. The van der Waals surface area contributed by atoms with E-state index in [4.69, 9.17) is 48.5 Å². The van der Waals surface area contributed by atoms with Crippen LogP contribution in [0.25, 0.3) is 0 Å². The summed E-state index contributed by atoms with van der Waals surface area (Å²) in [7, 11) is 4.30. The monoisotopic (exact) mass is 1240 g/mol. The highest BCUT2D eigenvalue weighted by Gasteiger charge is 2.57. The maximum absolute atomic E-state index is 15.1. The fourth-order valence-electron chi connectivity index (χ4n) is 11.1. The van der Waals surface area contributed by atoms with E-state index < -0.39 is 137 Å². The summed E-state index contributed by atoms with van der Waals surface area (Å²) in [6.07, 6.45) is -1.58. The van der Waals surface area contributed by atoms with Crippen LogP contribution in [0.2, 0.25) is 5.02 Å². The van der Waals surface area contributed by atoms with E-state index >= 15 is 13.2 Å². The van der Waals surface area contributed by atoms with Crippen molar-refractivity contribution in [2.75, 3.05) is 56.4 Å². The lowest BCUT2D eigenvalue weighted by atomic mass is 9.53. The molecule has 2 fully saturated rings. The number of fused-ring (bicyclic) bond motifs is 5. The quantitative estimate of drug-likeness (QED) is 0.0401. The van der Waals surface area contributed by atoms with Crippen molar-refractivity contribution in [2.24, 2.45) is 28.9 Å². The molecule has 2 aromatic carbocycles. The first-order valence-corrected chi connectivity index (χ1v) is 28.9. The van der Waals surface area contributed by atoms with Crippen molar-refractivity contribution in [1.82, 2.24) is 31.5 Å². The van der Waals surface area contributed by atoms with Crippen LogP contribution in [-0.2, 0) is 50.8 Å². The number of halogens is 4. The number of carbonyl (C=O) groups is 8. The molecular weight excluding hydrogens is 1170 g/mol. The average molecular weight is 1250 g/mol. The minimum absolute atomic E-state index is 0.0408. The van der Waals surface area contributed by atoms with Crippen LogP contribution in [0.5, 0.6) is 5.75 Å². The maximum atomic E-state index is 15.1. The van der Waals surface area contributed by atoms with Gasteiger partial charge in [0.2, 0.25) is 17.7 Å². The zero-order valence-electron chi connectivity index (χ0n) is 49.1. The summed E-state index contributed by atoms with van der Waals surface area (Å²) >= 11 is 12.3. The molecule has 9 atom stereocenters. The van der Waals surface area contributed by atoms with Crippen molar-refractivity contribution in [3.8, 4) is 5.75 Å². The number of nitrogens with one attached hydrogen (secondary N) is 7. The van der Waals surface area contributed by atoms with Crippen LogP contribution >= 0.6 is 23.8 Å². The topological polar surface area (TPSA) is 310 Å². The van der Waals surface area contributed by atoms with Crippen LogP contribution in [0.4, 0.5) is 44.6 Å². The van der Waals surface area contributed by atoms with E-state index in [1.165, 1.54) is 38.3 Å². The molecule has 1 aliphatic carbocycles. The van der Waals surface area contributed by atoms with Crippen molar-refractivity contribution in [3.63, 3.8) is 0 Å². The molecule has 10 N–H and O–H groups in total. The molecular formula is C58H76ClF3N10O13S. The highest BCUT2D eigenvalue weighted by Crippen LogP contribution is 2.56. The Labute approximate surface area is 507 Å². The molecule has 4 aliphatic rings. The molecule has 3 heterocycles. The first kappa shape index (κ1) is 67.6. The number of amides is 9. The number of thiocarbonyl (C=S) groups is 1. The number of imide groups is 1. The maximum Gasteiger partial charge on any atom is 0.418 e. The van der Waals surface area contributed by atoms with E-state index in [0.29, 0.717) is 50.3 Å². The fourth-order valence-corrected chi connectivity index (χ4v) is 11.6. The Balaban J connectivity index is 1.23. The number of anilines is 3. The Morgan fingerprint density at radius 3 is 2.31 bits per heavy atom. The van der Waals surface area contributed by atoms with Crippen molar-refractivity contribution >= 4 is 93.7 Å². The number of rotatable bonds is 19. The normalized spacial score (nSPS) is 25.0. The van der Waals surface area contributed by atoms with Gasteiger partial charge in [-0.05, 0) is 118 Å². The molecule has 0 unspecified atom stereocenters. The summed E-state index contributed by atoms with van der Waals surface area (Å²) in [6.45, 7) is 9.29. The fraction of sp³-hybridized carbons (Fsp3) is 0.534. The molecule has 86 heavy (non-hydrogen) atoms. The molecule has 0 radical (unpaired) electrons. The predicted octanol–water partition coefficient (Wildman–Crippen LogP) is 6.72. The lowest BCUT2D eigenvalue weighted by molar-refractivity contribution is -0.166. The Morgan fingerprint density at radius 2 is 1.69 bits per heavy atom. The van der Waals surface area contributed by atoms with Crippen LogP contribution < -0.4 is 52.6 Å². The molecule has 470 valence electrons. The largest absolute Gasteiger partial charge is 0.495 e. The Morgan fingerprint density at radius 1 is 0.988 bits per heavy atom. The third kappa shape index (κ3) is 17.1. The second kappa shape index (κ2) is 29.3. The van der Waals surface area contributed by atoms with E-state index in [-0.39, 0.29) is 53.9 Å². The predicted molar refractivity (Wildman–Crippen MR) is 317 cm³/mol. The second-order valence-electron chi connectivity index (χ2n) is 22.5. The zero-order chi connectivity index (χ0) is 63.4. The molecule has 9 amide bonds. The Hall–Kier alpha value is -7.49. The molecule has 23 nitrogen and oxygen atoms in total. The van der Waals surface area contributed by atoms with Crippen molar-refractivity contribution in [1.29, 1.82) is 0 Å². The van der Waals surface area contributed by atoms with Crippen LogP contribution in [0.15, 0.2) is 66.3 Å². The van der Waals surface area contributed by atoms with Gasteiger partial charge in [0, 0.05) is 63.5 Å². The molecule has 1 saturated carbocycles. The number of nitrogens with two attached hydrogens (primary N) is 1. The number of carbonyl (C=O) groups excluding carboxylic acids is 8. The van der Waals surface area contributed by atoms with E-state index in [9.17, 15) is 43.5 Å². The number of allylic oxidation sites excluding steroid dienone is 3. The number of hydrogen-bond donors (Lipinski definition) is 9. The zero-order valence-corrected chi connectivity index (χ0v) is 50.7. The highest BCUT2D eigenvalue weighted by molar-refractivity contribution is 7.80. The van der Waals surface area contributed by atoms with Crippen molar-refractivity contribution < 1.29 is 75.6 Å². The number of unbranched alkanes of at least 4 members (excludes halogenated alkanes) is 1. The number of urea groups is 1. The Kier molecular flexibility index (Phi) is 23.0. The van der Waals surface area contributed by atoms with Gasteiger partial charge in [-0.2, -0.15) is 13.2 Å². The first-order chi connectivity index (χ1) is 40.5. The Bertz CT molecular complexity index is 2990. The molecule has 28 heteroatoms. The van der Waals surface area contributed by atoms with Gasteiger partial charge in [0.25, 0.3) is 11.8 Å². The number of hydrogen-bond acceptors (Lipinski definition) is 14. The summed E-state index contributed by atoms with van der Waals surface area (Å²) in [5.41, 5.74) is 1.50. The number of alkyl carbamates (subject to hydrolysis) is 1. The standard InChI is InChI=1S/C58H76ClF3N10O13S/c1-31(2)49(69-53(86)65-22-9-10-24-72-45(73)18-19-46(72)74)51(77)68-39(14-12-23-64-52(63)78)50(76)67-38-17-16-35(28-37(38)58(60,61)62)66-54(79)85-44-29-47(75)71(6)40-26-34(27-41(82-7)48(40)59)25-32(3)13-11-15-43(83-8)57(81)30-42(84-55(80)70-57)33(4)36-20-21-56(36,44)5/h11,13,15-19,26-28,31,33,36,39,42-44,49,81H,9-10,12,14,20-25,29-30H2,1-8H3,(H,66,79)(H,67,76)(H,68,77)(H,70,80)(H3,63,64,78)(H2,65,69,86)/b15-11+,32-13+/t33-,36-,39-,42-,43+,44-,49-,56+,57-/m0/s1. The third-order valence-electron chi connectivity index (χ3n) is 16.1. The van der Waals surface area contributed by atoms with E-state index in [2.05, 4.69) is 37.2 Å². The van der Waals surface area contributed by atoms with Gasteiger partial charge < -0.3 is 61.3 Å². The minimum atomic E-state index is -5.15. The molecule has 1 saturated heterocycles. The van der Waals surface area contributed by atoms with E-state index in [0.717, 1.165) is 22.6 Å². The van der Waals surface area contributed by atoms with Crippen LogP contribution in [0.3, 0.4) is 0 Å². The van der Waals surface area contributed by atoms with Gasteiger partial charge in [-0.15, -0.1) is 0 Å². The first-order valence-electron chi connectivity index (χ1n) is 28.1. The van der Waals surface area contributed by atoms with Crippen LogP contribution in [0, 0.1) is 23.2 Å². The lowest BCUT2D eigenvalue weighted by Crippen LogP contribution is -2.64. The summed E-state index contributed by atoms with van der Waals surface area (Å²) in [5.74, 6) is -4.32. The number of ether oxygens (including phenoxy) is 4. The molecule has 3 aliphatic heterocycles. The molecule has 2 aromatic rings. The average Bonchev–Trinajstić information content (AvgIpc) is 1.36. The SMILES string of the molecule is COc1cc2cc(c1Cl)N(C)C(=O)C[C@H](OC(=O)Nc1ccc(NC(=O)[C@H](CCCNC(N)=O)NC(=O)[C@@H](NC(=S)NCCCCN3C(=O)C=CC3=O)C(C)C)c(C(F)(F)F)c1)[C@]1(C)CC[C@H]1[C@H](C)[C@@H]1C[C@@](O)(NC(=O)O1)[C@H](OC)/C=C/C=C(\C)C2. The number of primary amides is 1. The van der Waals surface area contributed by atoms with Crippen LogP contribution in [0.1, 0.15) is 97.1 Å². The van der Waals surface area contributed by atoms with Gasteiger partial charge in [0.1, 0.15) is 41.2 Å². The molecule has 4 bridgehead atoms. The van der Waals surface area contributed by atoms with Gasteiger partial charge in [-0.1, -0.05) is 63.1 Å². The number of alkyl halides is 3. The minimum Gasteiger partial charge on any atom is -0.495 e. The number of aliphatic hydroxyl groups is 1. The summed E-state index contributed by atoms with van der Waals surface area (Å²) in [4.78, 5) is 107. The molecule has 0 aromatic heterocycles. The summed E-state index contributed by atoms with van der Waals surface area (Å²) < 4.78 is 68.4. The van der Waals surface area contributed by atoms with Crippen molar-refractivity contribution in [2.45, 2.75) is 135 Å². The third-order valence-corrected chi connectivity index (χ3v) is 16.7. The van der Waals surface area contributed by atoms with E-state index in [1.54, 1.807) is 51.1 Å². The van der Waals surface area contributed by atoms with Crippen LogP contribution in [-0.4, -0.2) is 140 Å².